The third kappa shape index (κ3) is 3.78. The zero-order valence-corrected chi connectivity index (χ0v) is 11.7. The number of ether oxygens (including phenoxy) is 1. The molecule has 1 unspecified atom stereocenters. The minimum atomic E-state index is 0.0481. The Labute approximate surface area is 114 Å². The summed E-state index contributed by atoms with van der Waals surface area (Å²) in [7, 11) is 0. The molecule has 1 aromatic rings. The number of benzene rings is 1. The molecular formula is C15H22N2O2. The number of hydrogen-bond acceptors (Lipinski definition) is 3. The Morgan fingerprint density at radius 3 is 3.05 bits per heavy atom. The zero-order valence-electron chi connectivity index (χ0n) is 11.7. The van der Waals surface area contributed by atoms with Crippen LogP contribution in [0.15, 0.2) is 18.2 Å². The topological polar surface area (TPSA) is 50.4 Å². The number of anilines is 1. The van der Waals surface area contributed by atoms with Gasteiger partial charge in [0.25, 0.3) is 0 Å². The van der Waals surface area contributed by atoms with Crippen LogP contribution in [0.2, 0.25) is 0 Å². The Bertz CT molecular complexity index is 440. The molecule has 2 N–H and O–H groups in total. The number of morpholine rings is 1. The first-order valence-corrected chi connectivity index (χ1v) is 6.90. The first-order chi connectivity index (χ1) is 9.20. The van der Waals surface area contributed by atoms with Gasteiger partial charge in [0.2, 0.25) is 5.91 Å². The summed E-state index contributed by atoms with van der Waals surface area (Å²) in [6.45, 7) is 6.29. The van der Waals surface area contributed by atoms with Gasteiger partial charge in [-0.2, -0.15) is 0 Å². The molecule has 1 atom stereocenters. The molecule has 1 amide bonds. The highest BCUT2D eigenvalue weighted by Crippen LogP contribution is 2.21. The molecule has 104 valence electrons. The first kappa shape index (κ1) is 14.0. The molecule has 0 aliphatic carbocycles. The lowest BCUT2D eigenvalue weighted by Crippen LogP contribution is -2.43. The van der Waals surface area contributed by atoms with Crippen molar-refractivity contribution in [3.8, 4) is 0 Å². The zero-order chi connectivity index (χ0) is 13.7. The van der Waals surface area contributed by atoms with Gasteiger partial charge in [-0.3, -0.25) is 4.79 Å². The second kappa shape index (κ2) is 6.68. The SMILES string of the molecule is CCc1cccc(C)c1NC(=O)CC1COCCN1. The van der Waals surface area contributed by atoms with E-state index in [2.05, 4.69) is 23.6 Å². The predicted molar refractivity (Wildman–Crippen MR) is 76.4 cm³/mol. The van der Waals surface area contributed by atoms with Crippen LogP contribution in [0.4, 0.5) is 5.69 Å². The molecule has 1 saturated heterocycles. The van der Waals surface area contributed by atoms with Crippen LogP contribution in [0.3, 0.4) is 0 Å². The van der Waals surface area contributed by atoms with Crippen molar-refractivity contribution in [2.75, 3.05) is 25.1 Å². The number of carbonyl (C=O) groups is 1. The van der Waals surface area contributed by atoms with Crippen molar-refractivity contribution in [1.29, 1.82) is 0 Å². The van der Waals surface area contributed by atoms with E-state index in [1.807, 2.05) is 19.1 Å². The summed E-state index contributed by atoms with van der Waals surface area (Å²) in [4.78, 5) is 12.1. The number of para-hydroxylation sites is 1. The van der Waals surface area contributed by atoms with E-state index in [0.717, 1.165) is 30.8 Å². The van der Waals surface area contributed by atoms with Crippen LogP contribution in [0.5, 0.6) is 0 Å². The van der Waals surface area contributed by atoms with E-state index < -0.39 is 0 Å². The van der Waals surface area contributed by atoms with Gasteiger partial charge in [0.05, 0.1) is 13.2 Å². The van der Waals surface area contributed by atoms with Gasteiger partial charge in [0.1, 0.15) is 0 Å². The predicted octanol–water partition coefficient (Wildman–Crippen LogP) is 1.87. The molecule has 0 radical (unpaired) electrons. The Morgan fingerprint density at radius 2 is 2.37 bits per heavy atom. The third-order valence-electron chi connectivity index (χ3n) is 3.43. The van der Waals surface area contributed by atoms with Crippen LogP contribution in [0.1, 0.15) is 24.5 Å². The molecule has 4 heteroatoms. The summed E-state index contributed by atoms with van der Waals surface area (Å²) in [5.41, 5.74) is 3.26. The molecule has 4 nitrogen and oxygen atoms in total. The highest BCUT2D eigenvalue weighted by atomic mass is 16.5. The first-order valence-electron chi connectivity index (χ1n) is 6.90. The van der Waals surface area contributed by atoms with Crippen LogP contribution in [0.25, 0.3) is 0 Å². The van der Waals surface area contributed by atoms with Crippen LogP contribution in [0, 0.1) is 6.92 Å². The van der Waals surface area contributed by atoms with Crippen molar-refractivity contribution in [1.82, 2.24) is 5.32 Å². The van der Waals surface area contributed by atoms with Gasteiger partial charge in [-0.05, 0) is 24.5 Å². The molecule has 1 fully saturated rings. The van der Waals surface area contributed by atoms with E-state index in [9.17, 15) is 4.79 Å². The Hall–Kier alpha value is -1.39. The van der Waals surface area contributed by atoms with Gasteiger partial charge in [-0.1, -0.05) is 25.1 Å². The van der Waals surface area contributed by atoms with Crippen LogP contribution < -0.4 is 10.6 Å². The highest BCUT2D eigenvalue weighted by molar-refractivity contribution is 5.92. The fourth-order valence-corrected chi connectivity index (χ4v) is 2.37. The average Bonchev–Trinajstić information content (AvgIpc) is 2.42. The van der Waals surface area contributed by atoms with Crippen LogP contribution in [-0.2, 0) is 16.0 Å². The van der Waals surface area contributed by atoms with E-state index in [4.69, 9.17) is 4.74 Å². The molecule has 0 bridgehead atoms. The summed E-state index contributed by atoms with van der Waals surface area (Å²) in [6, 6.07) is 6.24. The summed E-state index contributed by atoms with van der Waals surface area (Å²) in [5, 5.41) is 6.34. The van der Waals surface area contributed by atoms with Crippen LogP contribution >= 0.6 is 0 Å². The van der Waals surface area contributed by atoms with E-state index in [1.165, 1.54) is 5.56 Å². The third-order valence-corrected chi connectivity index (χ3v) is 3.43. The Kier molecular flexibility index (Phi) is 4.93. The molecule has 0 saturated carbocycles. The van der Waals surface area contributed by atoms with E-state index in [0.29, 0.717) is 13.0 Å². The molecule has 19 heavy (non-hydrogen) atoms. The fraction of sp³-hybridized carbons (Fsp3) is 0.533. The average molecular weight is 262 g/mol. The van der Waals surface area contributed by atoms with Crippen molar-refractivity contribution in [3.63, 3.8) is 0 Å². The normalized spacial score (nSPS) is 19.2. The smallest absolute Gasteiger partial charge is 0.226 e. The monoisotopic (exact) mass is 262 g/mol. The number of hydrogen-bond donors (Lipinski definition) is 2. The number of amides is 1. The summed E-state index contributed by atoms with van der Waals surface area (Å²) >= 11 is 0. The molecule has 0 spiro atoms. The van der Waals surface area contributed by atoms with Gasteiger partial charge in [0, 0.05) is 24.7 Å². The summed E-state index contributed by atoms with van der Waals surface area (Å²) in [5.74, 6) is 0.0481. The molecule has 2 rings (SSSR count). The Balaban J connectivity index is 1.98. The number of aryl methyl sites for hydroxylation is 2. The highest BCUT2D eigenvalue weighted by Gasteiger charge is 2.17. The van der Waals surface area contributed by atoms with Crippen molar-refractivity contribution in [3.05, 3.63) is 29.3 Å². The molecule has 1 aliphatic rings. The minimum Gasteiger partial charge on any atom is -0.378 e. The van der Waals surface area contributed by atoms with Crippen LogP contribution in [-0.4, -0.2) is 31.7 Å². The van der Waals surface area contributed by atoms with E-state index >= 15 is 0 Å². The van der Waals surface area contributed by atoms with Gasteiger partial charge in [-0.25, -0.2) is 0 Å². The second-order valence-corrected chi connectivity index (χ2v) is 4.94. The van der Waals surface area contributed by atoms with Crippen molar-refractivity contribution >= 4 is 11.6 Å². The lowest BCUT2D eigenvalue weighted by atomic mass is 10.1. The Morgan fingerprint density at radius 1 is 1.53 bits per heavy atom. The minimum absolute atomic E-state index is 0.0481. The van der Waals surface area contributed by atoms with E-state index in [1.54, 1.807) is 0 Å². The van der Waals surface area contributed by atoms with E-state index in [-0.39, 0.29) is 11.9 Å². The molecule has 1 heterocycles. The van der Waals surface area contributed by atoms with Gasteiger partial charge >= 0.3 is 0 Å². The maximum absolute atomic E-state index is 12.1. The quantitative estimate of drug-likeness (QED) is 0.871. The maximum atomic E-state index is 12.1. The van der Waals surface area contributed by atoms with Crippen molar-refractivity contribution in [2.45, 2.75) is 32.7 Å². The number of rotatable bonds is 4. The van der Waals surface area contributed by atoms with Crippen molar-refractivity contribution < 1.29 is 9.53 Å². The summed E-state index contributed by atoms with van der Waals surface area (Å²) < 4.78 is 5.36. The lowest BCUT2D eigenvalue weighted by molar-refractivity contribution is -0.117. The number of nitrogens with one attached hydrogen (secondary N) is 2. The molecule has 1 aromatic carbocycles. The number of carbonyl (C=O) groups excluding carboxylic acids is 1. The van der Waals surface area contributed by atoms with Gasteiger partial charge in [0.15, 0.2) is 0 Å². The summed E-state index contributed by atoms with van der Waals surface area (Å²) in [6.07, 6.45) is 1.37. The molecular weight excluding hydrogens is 240 g/mol. The standard InChI is InChI=1S/C15H22N2O2/c1-3-12-6-4-5-11(2)15(12)17-14(18)9-13-10-19-8-7-16-13/h4-6,13,16H,3,7-10H2,1-2H3,(H,17,18). The van der Waals surface area contributed by atoms with Crippen molar-refractivity contribution in [2.24, 2.45) is 0 Å². The fourth-order valence-electron chi connectivity index (χ4n) is 2.37. The second-order valence-electron chi connectivity index (χ2n) is 4.94. The molecule has 1 aliphatic heterocycles. The van der Waals surface area contributed by atoms with Gasteiger partial charge in [-0.15, -0.1) is 0 Å². The van der Waals surface area contributed by atoms with Gasteiger partial charge < -0.3 is 15.4 Å². The lowest BCUT2D eigenvalue weighted by Gasteiger charge is -2.23. The molecule has 0 aromatic heterocycles. The maximum Gasteiger partial charge on any atom is 0.226 e. The largest absolute Gasteiger partial charge is 0.378 e.